The number of hydrogen-bond donors (Lipinski definition) is 0. The van der Waals surface area contributed by atoms with Crippen molar-refractivity contribution in [1.29, 1.82) is 0 Å². The van der Waals surface area contributed by atoms with Gasteiger partial charge in [-0.15, -0.1) is 0 Å². The maximum atomic E-state index is 5.93. The van der Waals surface area contributed by atoms with E-state index in [1.165, 1.54) is 11.8 Å². The average Bonchev–Trinajstić information content (AvgIpc) is 2.35. The van der Waals surface area contributed by atoms with Crippen LogP contribution in [0.5, 0.6) is 11.6 Å². The lowest BCUT2D eigenvalue weighted by Crippen LogP contribution is -1.94. The van der Waals surface area contributed by atoms with Crippen molar-refractivity contribution in [3.05, 3.63) is 39.0 Å². The van der Waals surface area contributed by atoms with Crippen molar-refractivity contribution < 1.29 is 4.74 Å². The lowest BCUT2D eigenvalue weighted by Gasteiger charge is -2.09. The summed E-state index contributed by atoms with van der Waals surface area (Å²) in [6, 6.07) is 5.51. The minimum Gasteiger partial charge on any atom is -0.439 e. The van der Waals surface area contributed by atoms with Gasteiger partial charge in [0.2, 0.25) is 5.88 Å². The molecule has 0 aliphatic carbocycles. The van der Waals surface area contributed by atoms with Gasteiger partial charge in [-0.2, -0.15) is 4.98 Å². The van der Waals surface area contributed by atoms with Crippen molar-refractivity contribution in [2.45, 2.75) is 19.0 Å². The molecule has 0 unspecified atom stereocenters. The SMILES string of the molecule is CSc1nc(Cl)cc(Oc2cc(C)c(Br)c(C)c2)n1. The molecular formula is C13H12BrClN2OS. The molecule has 0 aliphatic heterocycles. The van der Waals surface area contributed by atoms with Crippen LogP contribution in [-0.2, 0) is 0 Å². The Balaban J connectivity index is 2.33. The van der Waals surface area contributed by atoms with Crippen molar-refractivity contribution in [2.75, 3.05) is 6.26 Å². The molecular weight excluding hydrogens is 348 g/mol. The van der Waals surface area contributed by atoms with Crippen LogP contribution in [0, 0.1) is 13.8 Å². The molecule has 0 atom stereocenters. The molecule has 0 aliphatic rings. The Morgan fingerprint density at radius 3 is 2.37 bits per heavy atom. The van der Waals surface area contributed by atoms with Crippen LogP contribution in [0.25, 0.3) is 0 Å². The summed E-state index contributed by atoms with van der Waals surface area (Å²) in [6.07, 6.45) is 1.89. The molecule has 0 radical (unpaired) electrons. The van der Waals surface area contributed by atoms with Gasteiger partial charge in [-0.25, -0.2) is 4.98 Å². The predicted molar refractivity (Wildman–Crippen MR) is 82.5 cm³/mol. The Morgan fingerprint density at radius 1 is 1.16 bits per heavy atom. The van der Waals surface area contributed by atoms with E-state index in [4.69, 9.17) is 16.3 Å². The summed E-state index contributed by atoms with van der Waals surface area (Å²) in [5.74, 6) is 1.19. The lowest BCUT2D eigenvalue weighted by molar-refractivity contribution is 0.455. The molecule has 0 saturated carbocycles. The first-order chi connectivity index (χ1) is 8.99. The zero-order chi connectivity index (χ0) is 14.0. The van der Waals surface area contributed by atoms with Crippen LogP contribution in [0.2, 0.25) is 5.15 Å². The summed E-state index contributed by atoms with van der Waals surface area (Å²) in [4.78, 5) is 8.34. The van der Waals surface area contributed by atoms with E-state index in [1.54, 1.807) is 6.07 Å². The quantitative estimate of drug-likeness (QED) is 0.438. The van der Waals surface area contributed by atoms with Gasteiger partial charge in [-0.1, -0.05) is 39.3 Å². The summed E-state index contributed by atoms with van der Waals surface area (Å²) in [7, 11) is 0. The zero-order valence-electron chi connectivity index (χ0n) is 10.7. The molecule has 0 spiro atoms. The Kier molecular flexibility index (Phi) is 4.71. The van der Waals surface area contributed by atoms with Crippen LogP contribution >= 0.6 is 39.3 Å². The first kappa shape index (κ1) is 14.6. The van der Waals surface area contributed by atoms with E-state index in [0.29, 0.717) is 16.2 Å². The summed E-state index contributed by atoms with van der Waals surface area (Å²) in [5.41, 5.74) is 2.22. The summed E-state index contributed by atoms with van der Waals surface area (Å²) in [6.45, 7) is 4.04. The number of halogens is 2. The third-order valence-electron chi connectivity index (χ3n) is 2.47. The highest BCUT2D eigenvalue weighted by atomic mass is 79.9. The Bertz CT molecular complexity index is 599. The number of ether oxygens (including phenoxy) is 1. The molecule has 1 aromatic carbocycles. The molecule has 2 aromatic rings. The Hall–Kier alpha value is -0.780. The number of thioether (sulfide) groups is 1. The van der Waals surface area contributed by atoms with Crippen LogP contribution < -0.4 is 4.74 Å². The topological polar surface area (TPSA) is 35.0 Å². The maximum absolute atomic E-state index is 5.93. The maximum Gasteiger partial charge on any atom is 0.224 e. The number of aryl methyl sites for hydroxylation is 2. The minimum atomic E-state index is 0.375. The van der Waals surface area contributed by atoms with Gasteiger partial charge in [0.05, 0.1) is 0 Å². The predicted octanol–water partition coefficient (Wildman–Crippen LogP) is 5.02. The largest absolute Gasteiger partial charge is 0.439 e. The van der Waals surface area contributed by atoms with Gasteiger partial charge in [0.15, 0.2) is 5.16 Å². The third kappa shape index (κ3) is 3.61. The first-order valence-corrected chi connectivity index (χ1v) is 7.92. The highest BCUT2D eigenvalue weighted by Crippen LogP contribution is 2.30. The first-order valence-electron chi connectivity index (χ1n) is 5.53. The normalized spacial score (nSPS) is 10.6. The second-order valence-electron chi connectivity index (χ2n) is 3.99. The highest BCUT2D eigenvalue weighted by Gasteiger charge is 2.07. The lowest BCUT2D eigenvalue weighted by atomic mass is 10.1. The molecule has 2 rings (SSSR count). The number of benzene rings is 1. The summed E-state index contributed by atoms with van der Waals surface area (Å²) < 4.78 is 6.84. The van der Waals surface area contributed by atoms with Crippen LogP contribution in [-0.4, -0.2) is 16.2 Å². The number of nitrogens with zero attached hydrogens (tertiary/aromatic N) is 2. The fraction of sp³-hybridized carbons (Fsp3) is 0.231. The number of rotatable bonds is 3. The van der Waals surface area contributed by atoms with Crippen molar-refractivity contribution in [3.63, 3.8) is 0 Å². The van der Waals surface area contributed by atoms with Crippen molar-refractivity contribution >= 4 is 39.3 Å². The van der Waals surface area contributed by atoms with E-state index in [0.717, 1.165) is 21.3 Å². The highest BCUT2D eigenvalue weighted by molar-refractivity contribution is 9.10. The van der Waals surface area contributed by atoms with E-state index >= 15 is 0 Å². The third-order valence-corrected chi connectivity index (χ3v) is 4.46. The van der Waals surface area contributed by atoms with Crippen molar-refractivity contribution in [3.8, 4) is 11.6 Å². The second kappa shape index (κ2) is 6.11. The van der Waals surface area contributed by atoms with Gasteiger partial charge in [0.1, 0.15) is 10.9 Å². The Labute approximate surface area is 129 Å². The fourth-order valence-electron chi connectivity index (χ4n) is 1.61. The molecule has 1 aromatic heterocycles. The minimum absolute atomic E-state index is 0.375. The van der Waals surface area contributed by atoms with Gasteiger partial charge in [0.25, 0.3) is 0 Å². The van der Waals surface area contributed by atoms with Crippen LogP contribution in [0.15, 0.2) is 27.8 Å². The molecule has 1 heterocycles. The van der Waals surface area contributed by atoms with E-state index in [-0.39, 0.29) is 0 Å². The van der Waals surface area contributed by atoms with Gasteiger partial charge >= 0.3 is 0 Å². The van der Waals surface area contributed by atoms with E-state index in [1.807, 2.05) is 32.2 Å². The molecule has 3 nitrogen and oxygen atoms in total. The summed E-state index contributed by atoms with van der Waals surface area (Å²) >= 11 is 10.9. The Morgan fingerprint density at radius 2 is 1.79 bits per heavy atom. The van der Waals surface area contributed by atoms with Crippen LogP contribution in [0.4, 0.5) is 0 Å². The van der Waals surface area contributed by atoms with Crippen molar-refractivity contribution in [1.82, 2.24) is 9.97 Å². The van der Waals surface area contributed by atoms with E-state index < -0.39 is 0 Å². The molecule has 0 N–H and O–H groups in total. The van der Waals surface area contributed by atoms with E-state index in [9.17, 15) is 0 Å². The second-order valence-corrected chi connectivity index (χ2v) is 5.94. The molecule has 0 fully saturated rings. The van der Waals surface area contributed by atoms with E-state index in [2.05, 4.69) is 25.9 Å². The molecule has 0 bridgehead atoms. The molecule has 19 heavy (non-hydrogen) atoms. The molecule has 100 valence electrons. The fourth-order valence-corrected chi connectivity index (χ4v) is 2.43. The molecule has 6 heteroatoms. The standard InChI is InChI=1S/C13H12BrClN2OS/c1-7-4-9(5-8(2)12(7)14)18-11-6-10(15)16-13(17-11)19-3/h4-6H,1-3H3. The van der Waals surface area contributed by atoms with Crippen molar-refractivity contribution in [2.24, 2.45) is 0 Å². The average molecular weight is 360 g/mol. The van der Waals surface area contributed by atoms with Crippen LogP contribution in [0.1, 0.15) is 11.1 Å². The van der Waals surface area contributed by atoms with Gasteiger partial charge in [-0.3, -0.25) is 0 Å². The number of hydrogen-bond acceptors (Lipinski definition) is 4. The smallest absolute Gasteiger partial charge is 0.224 e. The van der Waals surface area contributed by atoms with Gasteiger partial charge < -0.3 is 4.74 Å². The van der Waals surface area contributed by atoms with Gasteiger partial charge in [-0.05, 0) is 43.4 Å². The molecule has 0 saturated heterocycles. The zero-order valence-corrected chi connectivity index (χ0v) is 13.9. The molecule has 0 amide bonds. The summed E-state index contributed by atoms with van der Waals surface area (Å²) in [5, 5.41) is 0.966. The van der Waals surface area contributed by atoms with Gasteiger partial charge in [0, 0.05) is 10.5 Å². The monoisotopic (exact) mass is 358 g/mol. The number of aromatic nitrogens is 2. The van der Waals surface area contributed by atoms with Crippen LogP contribution in [0.3, 0.4) is 0 Å².